The Morgan fingerprint density at radius 2 is 0.929 bits per heavy atom. The Balaban J connectivity index is 5.60. The average molecular weight is 216 g/mol. The Bertz CT molecular complexity index is 237. The van der Waals surface area contributed by atoms with Gasteiger partial charge >= 0.3 is 12.4 Å². The molecule has 0 radical (unpaired) electrons. The monoisotopic (exact) mass is 216 g/mol. The summed E-state index contributed by atoms with van der Waals surface area (Å²) in [6.45, 7) is 5.37. The van der Waals surface area contributed by atoms with Crippen molar-refractivity contribution in [2.45, 2.75) is 12.4 Å². The Morgan fingerprint density at radius 1 is 0.714 bits per heavy atom. The molecule has 0 aliphatic carbocycles. The largest absolute Gasteiger partial charge is 0.416 e. The number of halogens is 6. The van der Waals surface area contributed by atoms with Crippen LogP contribution in [0.1, 0.15) is 0 Å². The van der Waals surface area contributed by atoms with Crippen LogP contribution in [0.25, 0.3) is 0 Å². The lowest BCUT2D eigenvalue weighted by atomic mass is 10.1. The van der Waals surface area contributed by atoms with E-state index in [0.29, 0.717) is 0 Å². The molecule has 0 N–H and O–H groups in total. The van der Waals surface area contributed by atoms with Gasteiger partial charge in [0.1, 0.15) is 0 Å². The molecule has 0 aromatic heterocycles. The van der Waals surface area contributed by atoms with Gasteiger partial charge in [-0.15, -0.1) is 0 Å². The van der Waals surface area contributed by atoms with Crippen LogP contribution in [-0.4, -0.2) is 12.4 Å². The second-order valence-corrected chi connectivity index (χ2v) is 2.23. The first-order valence-electron chi connectivity index (χ1n) is 3.28. The first-order valence-corrected chi connectivity index (χ1v) is 3.28. The molecule has 0 aromatic carbocycles. The highest BCUT2D eigenvalue weighted by Crippen LogP contribution is 2.36. The molecule has 0 bridgehead atoms. The molecule has 80 valence electrons. The zero-order valence-electron chi connectivity index (χ0n) is 6.84. The lowest BCUT2D eigenvalue weighted by Crippen LogP contribution is -2.20. The van der Waals surface area contributed by atoms with Gasteiger partial charge in [0.05, 0.1) is 11.1 Å². The zero-order chi connectivity index (χ0) is 11.6. The van der Waals surface area contributed by atoms with Crippen LogP contribution < -0.4 is 0 Å². The predicted molar refractivity (Wildman–Crippen MR) is 39.5 cm³/mol. The average Bonchev–Trinajstić information content (AvgIpc) is 1.94. The van der Waals surface area contributed by atoms with Crippen molar-refractivity contribution in [2.24, 2.45) is 0 Å². The molecule has 0 fully saturated rings. The lowest BCUT2D eigenvalue weighted by molar-refractivity contribution is -0.110. The molecular formula is C8H6F6. The van der Waals surface area contributed by atoms with Gasteiger partial charge in [-0.25, -0.2) is 0 Å². The molecule has 0 nitrogen and oxygen atoms in total. The Hall–Kier alpha value is -1.20. The summed E-state index contributed by atoms with van der Waals surface area (Å²) in [6, 6.07) is 0. The van der Waals surface area contributed by atoms with Crippen molar-refractivity contribution < 1.29 is 26.3 Å². The molecule has 0 aromatic rings. The number of hydrogen-bond donors (Lipinski definition) is 0. The second kappa shape index (κ2) is 3.89. The number of hydrogen-bond acceptors (Lipinski definition) is 0. The minimum absolute atomic E-state index is 0.116. The third-order valence-corrected chi connectivity index (χ3v) is 1.31. The zero-order valence-corrected chi connectivity index (χ0v) is 6.84. The Labute approximate surface area is 76.2 Å². The standard InChI is InChI=1S/C8H6F6/c1-3-5(7(9,10)11)6(4-2)8(12,13)14/h3-4H,1-2H2/b6-5-. The van der Waals surface area contributed by atoms with E-state index in [9.17, 15) is 26.3 Å². The van der Waals surface area contributed by atoms with Crippen LogP contribution in [0.3, 0.4) is 0 Å². The first-order chi connectivity index (χ1) is 6.14. The van der Waals surface area contributed by atoms with E-state index < -0.39 is 23.5 Å². The maximum absolute atomic E-state index is 12.0. The van der Waals surface area contributed by atoms with E-state index in [4.69, 9.17) is 0 Å². The van der Waals surface area contributed by atoms with Crippen molar-refractivity contribution in [1.82, 2.24) is 0 Å². The molecule has 0 aliphatic rings. The van der Waals surface area contributed by atoms with Crippen LogP contribution in [0.5, 0.6) is 0 Å². The SMILES string of the molecule is C=C/C(=C(\C=C)C(F)(F)F)C(F)(F)F. The molecule has 6 heteroatoms. The molecule has 14 heavy (non-hydrogen) atoms. The normalized spacial score (nSPS) is 14.7. The molecule has 0 spiro atoms. The maximum atomic E-state index is 12.0. The minimum atomic E-state index is -5.08. The molecule has 0 amide bonds. The lowest BCUT2D eigenvalue weighted by Gasteiger charge is -2.14. The van der Waals surface area contributed by atoms with Crippen molar-refractivity contribution in [2.75, 3.05) is 0 Å². The fraction of sp³-hybridized carbons (Fsp3) is 0.250. The smallest absolute Gasteiger partial charge is 0.166 e. The minimum Gasteiger partial charge on any atom is -0.166 e. The van der Waals surface area contributed by atoms with Crippen LogP contribution in [0.4, 0.5) is 26.3 Å². The molecule has 0 rings (SSSR count). The van der Waals surface area contributed by atoms with Crippen LogP contribution in [0.2, 0.25) is 0 Å². The van der Waals surface area contributed by atoms with Gasteiger partial charge < -0.3 is 0 Å². The predicted octanol–water partition coefficient (Wildman–Crippen LogP) is 3.78. The molecule has 0 atom stereocenters. The summed E-state index contributed by atoms with van der Waals surface area (Å²) < 4.78 is 72.1. The Kier molecular flexibility index (Phi) is 3.56. The highest BCUT2D eigenvalue weighted by atomic mass is 19.4. The summed E-state index contributed by atoms with van der Waals surface area (Å²) >= 11 is 0. The summed E-state index contributed by atoms with van der Waals surface area (Å²) in [7, 11) is 0. The van der Waals surface area contributed by atoms with E-state index in [2.05, 4.69) is 13.2 Å². The summed E-state index contributed by atoms with van der Waals surface area (Å²) in [6.07, 6.45) is -9.93. The van der Waals surface area contributed by atoms with Gasteiger partial charge in [-0.1, -0.05) is 25.3 Å². The molecule has 0 aliphatic heterocycles. The maximum Gasteiger partial charge on any atom is 0.416 e. The molecular weight excluding hydrogens is 210 g/mol. The van der Waals surface area contributed by atoms with Crippen LogP contribution in [0.15, 0.2) is 36.5 Å². The van der Waals surface area contributed by atoms with Crippen LogP contribution >= 0.6 is 0 Å². The van der Waals surface area contributed by atoms with Gasteiger partial charge in [0.2, 0.25) is 0 Å². The molecule has 0 saturated heterocycles. The van der Waals surface area contributed by atoms with Gasteiger partial charge in [-0.2, -0.15) is 26.3 Å². The van der Waals surface area contributed by atoms with Gasteiger partial charge in [0.15, 0.2) is 0 Å². The fourth-order valence-corrected chi connectivity index (χ4v) is 0.757. The molecule has 0 saturated carbocycles. The van der Waals surface area contributed by atoms with Crippen LogP contribution in [0, 0.1) is 0 Å². The van der Waals surface area contributed by atoms with Gasteiger partial charge in [-0.05, 0) is 0 Å². The second-order valence-electron chi connectivity index (χ2n) is 2.23. The summed E-state index contributed by atoms with van der Waals surface area (Å²) in [5.41, 5.74) is -3.67. The van der Waals surface area contributed by atoms with Gasteiger partial charge in [0, 0.05) is 0 Å². The first kappa shape index (κ1) is 12.8. The topological polar surface area (TPSA) is 0 Å². The van der Waals surface area contributed by atoms with E-state index in [1.54, 1.807) is 0 Å². The summed E-state index contributed by atoms with van der Waals surface area (Å²) in [4.78, 5) is 0. The number of rotatable bonds is 2. The third kappa shape index (κ3) is 2.93. The van der Waals surface area contributed by atoms with E-state index in [-0.39, 0.29) is 12.2 Å². The van der Waals surface area contributed by atoms with E-state index in [1.807, 2.05) is 0 Å². The third-order valence-electron chi connectivity index (χ3n) is 1.31. The van der Waals surface area contributed by atoms with E-state index in [1.165, 1.54) is 0 Å². The van der Waals surface area contributed by atoms with Crippen LogP contribution in [-0.2, 0) is 0 Å². The molecule has 0 unspecified atom stereocenters. The van der Waals surface area contributed by atoms with Crippen molar-refractivity contribution in [1.29, 1.82) is 0 Å². The fourth-order valence-electron chi connectivity index (χ4n) is 0.757. The van der Waals surface area contributed by atoms with Gasteiger partial charge in [-0.3, -0.25) is 0 Å². The summed E-state index contributed by atoms with van der Waals surface area (Å²) in [5.74, 6) is 0. The van der Waals surface area contributed by atoms with Crippen molar-refractivity contribution >= 4 is 0 Å². The van der Waals surface area contributed by atoms with Crippen molar-refractivity contribution in [3.8, 4) is 0 Å². The quantitative estimate of drug-likeness (QED) is 0.486. The van der Waals surface area contributed by atoms with Crippen molar-refractivity contribution in [3.05, 3.63) is 36.5 Å². The van der Waals surface area contributed by atoms with E-state index >= 15 is 0 Å². The summed E-state index contributed by atoms with van der Waals surface area (Å²) in [5, 5.41) is 0. The van der Waals surface area contributed by atoms with E-state index in [0.717, 1.165) is 0 Å². The molecule has 0 heterocycles. The number of alkyl halides is 6. The van der Waals surface area contributed by atoms with Crippen molar-refractivity contribution in [3.63, 3.8) is 0 Å². The number of allylic oxidation sites excluding steroid dienone is 4. The van der Waals surface area contributed by atoms with Gasteiger partial charge in [0.25, 0.3) is 0 Å². The highest BCUT2D eigenvalue weighted by Gasteiger charge is 2.42. The Morgan fingerprint density at radius 3 is 1.00 bits per heavy atom. The highest BCUT2D eigenvalue weighted by molar-refractivity contribution is 5.37.